The first-order valence-corrected chi connectivity index (χ1v) is 16.8. The summed E-state index contributed by atoms with van der Waals surface area (Å²) in [4.78, 5) is 20.7. The molecule has 0 radical (unpaired) electrons. The second kappa shape index (κ2) is 13.6. The fraction of sp³-hybridized carbons (Fsp3) is 0.436. The first kappa shape index (κ1) is 34.6. The van der Waals surface area contributed by atoms with Crippen LogP contribution in [0.3, 0.4) is 0 Å². The number of methoxy groups -OCH3 is 1. The number of pyridine rings is 1. The van der Waals surface area contributed by atoms with Crippen molar-refractivity contribution in [3.05, 3.63) is 83.6 Å². The summed E-state index contributed by atoms with van der Waals surface area (Å²) in [5, 5.41) is 0. The maximum absolute atomic E-state index is 15.5. The van der Waals surface area contributed by atoms with E-state index in [4.69, 9.17) is 23.9 Å². The molecule has 1 fully saturated rings. The van der Waals surface area contributed by atoms with E-state index in [0.29, 0.717) is 48.6 Å². The number of carbonyl (C=O) groups excluding carboxylic acids is 1. The second-order valence-corrected chi connectivity index (χ2v) is 14.3. The first-order chi connectivity index (χ1) is 23.2. The van der Waals surface area contributed by atoms with Crippen LogP contribution in [0.1, 0.15) is 71.1 Å². The SMILES string of the molecule is COC(=O)[C@@H](OC(C)(C)C)c1c(C)cc2nc3cn2c1N1CCC(C)(CC1)OC/C=C/C[C@H](C)Oc1cc(F)cc(F)c1-c1cccc-3c1. The molecule has 2 aromatic heterocycles. The monoisotopic (exact) mass is 673 g/mol. The van der Waals surface area contributed by atoms with E-state index in [1.165, 1.54) is 13.2 Å². The highest BCUT2D eigenvalue weighted by atomic mass is 19.1. The van der Waals surface area contributed by atoms with Crippen molar-refractivity contribution < 1.29 is 32.5 Å². The molecule has 49 heavy (non-hydrogen) atoms. The minimum Gasteiger partial charge on any atom is -0.490 e. The fourth-order valence-electron chi connectivity index (χ4n) is 6.68. The zero-order valence-corrected chi connectivity index (χ0v) is 29.3. The molecule has 4 aromatic rings. The highest BCUT2D eigenvalue weighted by molar-refractivity contribution is 5.82. The molecule has 8 nitrogen and oxygen atoms in total. The van der Waals surface area contributed by atoms with Crippen molar-refractivity contribution in [1.29, 1.82) is 0 Å². The molecule has 2 aromatic carbocycles. The lowest BCUT2D eigenvalue weighted by atomic mass is 9.92. The second-order valence-electron chi connectivity index (χ2n) is 14.3. The third-order valence-corrected chi connectivity index (χ3v) is 9.20. The van der Waals surface area contributed by atoms with E-state index in [1.807, 2.05) is 81.6 Å². The molecule has 6 bridgehead atoms. The number of rotatable bonds is 3. The van der Waals surface area contributed by atoms with Crippen LogP contribution >= 0.6 is 0 Å². The topological polar surface area (TPSA) is 74.5 Å². The van der Waals surface area contributed by atoms with E-state index in [-0.39, 0.29) is 23.0 Å². The number of ether oxygens (including phenoxy) is 4. The lowest BCUT2D eigenvalue weighted by molar-refractivity contribution is -0.164. The van der Waals surface area contributed by atoms with Gasteiger partial charge in [-0.1, -0.05) is 30.4 Å². The van der Waals surface area contributed by atoms with E-state index >= 15 is 4.39 Å². The maximum Gasteiger partial charge on any atom is 0.339 e. The number of imidazole rings is 1. The van der Waals surface area contributed by atoms with Crippen LogP contribution in [0.25, 0.3) is 28.0 Å². The Bertz CT molecular complexity index is 1890. The Kier molecular flexibility index (Phi) is 9.57. The summed E-state index contributed by atoms with van der Waals surface area (Å²) in [6.07, 6.45) is 6.61. The van der Waals surface area contributed by atoms with Crippen molar-refractivity contribution in [2.75, 3.05) is 31.7 Å². The summed E-state index contributed by atoms with van der Waals surface area (Å²) >= 11 is 0. The van der Waals surface area contributed by atoms with Crippen LogP contribution in [0.5, 0.6) is 5.75 Å². The van der Waals surface area contributed by atoms with Gasteiger partial charge < -0.3 is 23.8 Å². The van der Waals surface area contributed by atoms with Crippen LogP contribution in [0, 0.1) is 18.6 Å². The summed E-state index contributed by atoms with van der Waals surface area (Å²) < 4.78 is 56.3. The smallest absolute Gasteiger partial charge is 0.339 e. The van der Waals surface area contributed by atoms with Gasteiger partial charge in [-0.05, 0) is 77.6 Å². The highest BCUT2D eigenvalue weighted by Gasteiger charge is 2.37. The van der Waals surface area contributed by atoms with Gasteiger partial charge >= 0.3 is 5.97 Å². The predicted octanol–water partition coefficient (Wildman–Crippen LogP) is 8.39. The van der Waals surface area contributed by atoms with Crippen LogP contribution in [-0.2, 0) is 19.0 Å². The number of carbonyl (C=O) groups is 1. The van der Waals surface area contributed by atoms with Crippen molar-refractivity contribution in [1.82, 2.24) is 9.38 Å². The molecule has 0 aliphatic carbocycles. The molecule has 0 amide bonds. The lowest BCUT2D eigenvalue weighted by Gasteiger charge is -2.41. The van der Waals surface area contributed by atoms with Gasteiger partial charge in [0.1, 0.15) is 28.8 Å². The van der Waals surface area contributed by atoms with Gasteiger partial charge in [0, 0.05) is 49.0 Å². The zero-order valence-electron chi connectivity index (χ0n) is 29.3. The summed E-state index contributed by atoms with van der Waals surface area (Å²) in [5.41, 5.74) is 3.33. The number of aryl methyl sites for hydroxylation is 1. The third kappa shape index (κ3) is 7.35. The lowest BCUT2D eigenvalue weighted by Crippen LogP contribution is -2.45. The van der Waals surface area contributed by atoms with Gasteiger partial charge in [0.2, 0.25) is 0 Å². The molecule has 0 spiro atoms. The van der Waals surface area contributed by atoms with E-state index < -0.39 is 29.3 Å². The van der Waals surface area contributed by atoms with E-state index in [9.17, 15) is 9.18 Å². The number of hydrogen-bond acceptors (Lipinski definition) is 7. The molecule has 0 unspecified atom stereocenters. The van der Waals surface area contributed by atoms with Crippen molar-refractivity contribution >= 4 is 17.4 Å². The molecule has 0 N–H and O–H groups in total. The van der Waals surface area contributed by atoms with E-state index in [1.54, 1.807) is 6.07 Å². The van der Waals surface area contributed by atoms with Gasteiger partial charge in [0.25, 0.3) is 0 Å². The van der Waals surface area contributed by atoms with Crippen molar-refractivity contribution in [2.45, 2.75) is 84.2 Å². The van der Waals surface area contributed by atoms with Gasteiger partial charge in [-0.25, -0.2) is 18.6 Å². The molecule has 260 valence electrons. The van der Waals surface area contributed by atoms with Gasteiger partial charge in [-0.2, -0.15) is 0 Å². The molecule has 5 heterocycles. The Hall–Kier alpha value is -4.28. The highest BCUT2D eigenvalue weighted by Crippen LogP contribution is 2.41. The van der Waals surface area contributed by atoms with Gasteiger partial charge in [-0.3, -0.25) is 4.40 Å². The van der Waals surface area contributed by atoms with Gasteiger partial charge in [-0.15, -0.1) is 0 Å². The normalized spacial score (nSPS) is 21.2. The van der Waals surface area contributed by atoms with Gasteiger partial charge in [0.05, 0.1) is 42.3 Å². The number of esters is 1. The number of piperidine rings is 1. The fourth-order valence-corrected chi connectivity index (χ4v) is 6.68. The molecule has 7 rings (SSSR count). The van der Waals surface area contributed by atoms with E-state index in [0.717, 1.165) is 35.9 Å². The number of benzene rings is 2. The molecular formula is C39H45F2N3O5. The largest absolute Gasteiger partial charge is 0.490 e. The summed E-state index contributed by atoms with van der Waals surface area (Å²) in [7, 11) is 1.37. The maximum atomic E-state index is 15.5. The molecule has 3 aliphatic heterocycles. The minimum atomic E-state index is -0.985. The molecule has 1 saturated heterocycles. The number of fused-ring (bicyclic) bond motifs is 7. The predicted molar refractivity (Wildman–Crippen MR) is 186 cm³/mol. The Morgan fingerprint density at radius 3 is 2.53 bits per heavy atom. The van der Waals surface area contributed by atoms with Crippen LogP contribution in [0.15, 0.2) is 60.8 Å². The Balaban J connectivity index is 1.57. The van der Waals surface area contributed by atoms with Crippen LogP contribution in [0.4, 0.5) is 14.6 Å². The third-order valence-electron chi connectivity index (χ3n) is 9.20. The first-order valence-electron chi connectivity index (χ1n) is 16.8. The number of hydrogen-bond donors (Lipinski definition) is 0. The van der Waals surface area contributed by atoms with Crippen LogP contribution in [0.2, 0.25) is 0 Å². The molecule has 2 atom stereocenters. The minimum absolute atomic E-state index is 0.129. The Labute approximate surface area is 286 Å². The molecule has 0 saturated carbocycles. The summed E-state index contributed by atoms with van der Waals surface area (Å²) in [6.45, 7) is 13.5. The Morgan fingerprint density at radius 1 is 1.08 bits per heavy atom. The van der Waals surface area contributed by atoms with Crippen molar-refractivity contribution in [3.63, 3.8) is 0 Å². The molecule has 10 heteroatoms. The zero-order chi connectivity index (χ0) is 35.1. The van der Waals surface area contributed by atoms with Crippen molar-refractivity contribution in [2.24, 2.45) is 0 Å². The van der Waals surface area contributed by atoms with Crippen LogP contribution < -0.4 is 9.64 Å². The number of aromatic nitrogens is 2. The summed E-state index contributed by atoms with van der Waals surface area (Å²) in [5.74, 6) is -0.984. The average molecular weight is 674 g/mol. The number of anilines is 1. The van der Waals surface area contributed by atoms with E-state index in [2.05, 4.69) is 11.8 Å². The average Bonchev–Trinajstić information content (AvgIpc) is 3.46. The summed E-state index contributed by atoms with van der Waals surface area (Å²) in [6, 6.07) is 11.4. The van der Waals surface area contributed by atoms with Gasteiger partial charge in [0.15, 0.2) is 6.10 Å². The number of nitrogens with zero attached hydrogens (tertiary/aromatic N) is 3. The van der Waals surface area contributed by atoms with Crippen LogP contribution in [-0.4, -0.2) is 59.5 Å². The standard InChI is InChI=1S/C39H45F2N3O5/c1-24-19-32-42-30-23-44(32)36(33(24)35(37(45)46-7)49-38(3,4)5)43-16-14-39(6,15-17-43)47-18-9-8-11-25(2)48-31-22-28(40)21-29(41)34(31)27-13-10-12-26(30)20-27/h8-10,12-13,19-23,25,35H,11,14-18H2,1-7H3/b9-8+/t25-,35-/m0/s1. The molecule has 3 aliphatic rings. The number of halogens is 2. The van der Waals surface area contributed by atoms with Crippen molar-refractivity contribution in [3.8, 4) is 28.1 Å². The molecular weight excluding hydrogens is 628 g/mol. The Morgan fingerprint density at radius 2 is 1.82 bits per heavy atom. The quantitative estimate of drug-likeness (QED) is 0.160.